The molecule has 2 N–H and O–H groups in total. The molecule has 0 radical (unpaired) electrons. The highest BCUT2D eigenvalue weighted by Gasteiger charge is 2.01. The first kappa shape index (κ1) is 14.9. The Bertz CT molecular complexity index is 593. The molecule has 4 heteroatoms. The average Bonchev–Trinajstić information content (AvgIpc) is 2.51. The number of hydrogen-bond acceptors (Lipinski definition) is 2. The van der Waals surface area contributed by atoms with Crippen LogP contribution in [0.1, 0.15) is 18.9 Å². The van der Waals surface area contributed by atoms with Crippen LogP contribution in [-0.2, 0) is 6.54 Å². The molecule has 0 fully saturated rings. The second-order valence-electron chi connectivity index (χ2n) is 4.73. The van der Waals surface area contributed by atoms with E-state index in [-0.39, 0.29) is 0 Å². The molecule has 2 rings (SSSR count). The summed E-state index contributed by atoms with van der Waals surface area (Å²) in [6.07, 6.45) is -0.0324. The first-order valence-electron chi connectivity index (χ1n) is 6.98. The maximum absolute atomic E-state index is 10.5. The number of carbonyl (C=O) groups is 1. The van der Waals surface area contributed by atoms with Gasteiger partial charge in [0.25, 0.3) is 0 Å². The second-order valence-corrected chi connectivity index (χ2v) is 4.73. The van der Waals surface area contributed by atoms with Crippen molar-refractivity contribution in [2.24, 2.45) is 0 Å². The van der Waals surface area contributed by atoms with Crippen LogP contribution >= 0.6 is 0 Å². The molecule has 0 aliphatic heterocycles. The summed E-state index contributed by atoms with van der Waals surface area (Å²) in [5, 5.41) is 10.9. The molecule has 0 aliphatic carbocycles. The fourth-order valence-electron chi connectivity index (χ4n) is 1.98. The second kappa shape index (κ2) is 7.33. The summed E-state index contributed by atoms with van der Waals surface area (Å²) in [6, 6.07) is 15.8. The fourth-order valence-corrected chi connectivity index (χ4v) is 1.98. The van der Waals surface area contributed by atoms with E-state index in [2.05, 4.69) is 12.2 Å². The van der Waals surface area contributed by atoms with Crippen LogP contribution in [0.2, 0.25) is 0 Å². The Morgan fingerprint density at radius 3 is 2.57 bits per heavy atom. The molecule has 0 unspecified atom stereocenters. The summed E-state index contributed by atoms with van der Waals surface area (Å²) < 4.78 is 5.63. The first-order valence-corrected chi connectivity index (χ1v) is 6.98. The molecular weight excluding hydrogens is 266 g/mol. The van der Waals surface area contributed by atoms with Crippen molar-refractivity contribution in [2.45, 2.75) is 19.9 Å². The van der Waals surface area contributed by atoms with E-state index in [0.717, 1.165) is 28.9 Å². The molecule has 0 bridgehead atoms. The molecule has 0 aliphatic rings. The molecule has 110 valence electrons. The minimum absolute atomic E-state index is 0.315. The van der Waals surface area contributed by atoms with E-state index in [4.69, 9.17) is 9.84 Å². The van der Waals surface area contributed by atoms with Crippen molar-refractivity contribution in [3.63, 3.8) is 0 Å². The maximum atomic E-state index is 10.5. The fraction of sp³-hybridized carbons (Fsp3) is 0.235. The molecule has 0 heterocycles. The van der Waals surface area contributed by atoms with Gasteiger partial charge in [0, 0.05) is 6.54 Å². The molecule has 4 nitrogen and oxygen atoms in total. The molecule has 0 spiro atoms. The molecule has 0 saturated heterocycles. The number of hydrogen-bond donors (Lipinski definition) is 2. The summed E-state index contributed by atoms with van der Waals surface area (Å²) in [5.41, 5.74) is 3.09. The number of ether oxygens (including phenoxy) is 1. The van der Waals surface area contributed by atoms with Gasteiger partial charge in [-0.3, -0.25) is 0 Å². The van der Waals surface area contributed by atoms with Gasteiger partial charge in [0.15, 0.2) is 0 Å². The van der Waals surface area contributed by atoms with Gasteiger partial charge in [0.1, 0.15) is 5.75 Å². The quantitative estimate of drug-likeness (QED) is 0.846. The van der Waals surface area contributed by atoms with Crippen LogP contribution in [0, 0.1) is 0 Å². The molecule has 1 amide bonds. The Hall–Kier alpha value is -2.49. The zero-order valence-corrected chi connectivity index (χ0v) is 12.0. The predicted octanol–water partition coefficient (Wildman–Crippen LogP) is 3.91. The SMILES string of the molecule is CCCOc1cccc(-c2ccc(CNC(=O)O)cc2)c1. The van der Waals surface area contributed by atoms with Gasteiger partial charge in [-0.15, -0.1) is 0 Å². The third kappa shape index (κ3) is 4.53. The molecule has 0 atom stereocenters. The van der Waals surface area contributed by atoms with Crippen molar-refractivity contribution in [1.29, 1.82) is 0 Å². The molecule has 2 aromatic rings. The van der Waals surface area contributed by atoms with Gasteiger partial charge < -0.3 is 15.2 Å². The van der Waals surface area contributed by atoms with Gasteiger partial charge in [0.2, 0.25) is 0 Å². The minimum Gasteiger partial charge on any atom is -0.494 e. The van der Waals surface area contributed by atoms with Gasteiger partial charge in [0.05, 0.1) is 6.61 Å². The molecule has 0 aromatic heterocycles. The van der Waals surface area contributed by atoms with Crippen molar-refractivity contribution in [3.8, 4) is 16.9 Å². The highest BCUT2D eigenvalue weighted by atomic mass is 16.5. The van der Waals surface area contributed by atoms with Crippen LogP contribution in [0.4, 0.5) is 4.79 Å². The standard InChI is InChI=1S/C17H19NO3/c1-2-10-21-16-5-3-4-15(11-16)14-8-6-13(7-9-14)12-18-17(19)20/h3-9,11,18H,2,10,12H2,1H3,(H,19,20). The van der Waals surface area contributed by atoms with Crippen molar-refractivity contribution in [2.75, 3.05) is 6.61 Å². The smallest absolute Gasteiger partial charge is 0.404 e. The maximum Gasteiger partial charge on any atom is 0.404 e. The van der Waals surface area contributed by atoms with E-state index >= 15 is 0 Å². The van der Waals surface area contributed by atoms with Gasteiger partial charge in [-0.25, -0.2) is 4.79 Å². The highest BCUT2D eigenvalue weighted by Crippen LogP contribution is 2.24. The van der Waals surface area contributed by atoms with E-state index in [1.807, 2.05) is 48.5 Å². The summed E-state index contributed by atoms with van der Waals surface area (Å²) in [5.74, 6) is 0.867. The largest absolute Gasteiger partial charge is 0.494 e. The Morgan fingerprint density at radius 2 is 1.90 bits per heavy atom. The lowest BCUT2D eigenvalue weighted by molar-refractivity contribution is 0.194. The molecule has 2 aromatic carbocycles. The van der Waals surface area contributed by atoms with E-state index in [1.54, 1.807) is 0 Å². The zero-order valence-electron chi connectivity index (χ0n) is 12.0. The van der Waals surface area contributed by atoms with Crippen LogP contribution in [0.3, 0.4) is 0 Å². The molecule has 0 saturated carbocycles. The van der Waals surface area contributed by atoms with E-state index in [1.165, 1.54) is 0 Å². The lowest BCUT2D eigenvalue weighted by Crippen LogP contribution is -2.19. The van der Waals surface area contributed by atoms with Gasteiger partial charge in [-0.05, 0) is 35.2 Å². The summed E-state index contributed by atoms with van der Waals surface area (Å²) in [7, 11) is 0. The van der Waals surface area contributed by atoms with Crippen molar-refractivity contribution < 1.29 is 14.6 Å². The lowest BCUT2D eigenvalue weighted by Gasteiger charge is -2.08. The number of amides is 1. The van der Waals surface area contributed by atoms with Crippen LogP contribution in [0.15, 0.2) is 48.5 Å². The normalized spacial score (nSPS) is 10.1. The van der Waals surface area contributed by atoms with Gasteiger partial charge in [-0.2, -0.15) is 0 Å². The highest BCUT2D eigenvalue weighted by molar-refractivity contribution is 5.66. The van der Waals surface area contributed by atoms with Crippen molar-refractivity contribution in [1.82, 2.24) is 5.32 Å². The third-order valence-electron chi connectivity index (χ3n) is 3.04. The van der Waals surface area contributed by atoms with Crippen LogP contribution < -0.4 is 10.1 Å². The van der Waals surface area contributed by atoms with Crippen LogP contribution in [-0.4, -0.2) is 17.8 Å². The van der Waals surface area contributed by atoms with Crippen molar-refractivity contribution in [3.05, 3.63) is 54.1 Å². The first-order chi connectivity index (χ1) is 10.2. The number of carboxylic acid groups (broad SMARTS) is 1. The minimum atomic E-state index is -1.01. The van der Waals surface area contributed by atoms with Gasteiger partial charge >= 0.3 is 6.09 Å². The molecule has 21 heavy (non-hydrogen) atoms. The number of benzene rings is 2. The lowest BCUT2D eigenvalue weighted by atomic mass is 10.0. The number of nitrogens with one attached hydrogen (secondary N) is 1. The topological polar surface area (TPSA) is 58.6 Å². The Kier molecular flexibility index (Phi) is 5.21. The third-order valence-corrected chi connectivity index (χ3v) is 3.04. The number of rotatable bonds is 6. The zero-order chi connectivity index (χ0) is 15.1. The summed E-state index contributed by atoms with van der Waals surface area (Å²) >= 11 is 0. The average molecular weight is 285 g/mol. The van der Waals surface area contributed by atoms with Crippen LogP contribution in [0.5, 0.6) is 5.75 Å². The summed E-state index contributed by atoms with van der Waals surface area (Å²) in [6.45, 7) is 3.10. The van der Waals surface area contributed by atoms with E-state index < -0.39 is 6.09 Å². The Balaban J connectivity index is 2.09. The van der Waals surface area contributed by atoms with Crippen LogP contribution in [0.25, 0.3) is 11.1 Å². The van der Waals surface area contributed by atoms with E-state index in [0.29, 0.717) is 13.2 Å². The van der Waals surface area contributed by atoms with Gasteiger partial charge in [-0.1, -0.05) is 43.3 Å². The Labute approximate surface area is 124 Å². The Morgan fingerprint density at radius 1 is 1.14 bits per heavy atom. The molecular formula is C17H19NO3. The van der Waals surface area contributed by atoms with Crippen molar-refractivity contribution >= 4 is 6.09 Å². The monoisotopic (exact) mass is 285 g/mol. The summed E-state index contributed by atoms with van der Waals surface area (Å²) in [4.78, 5) is 10.5. The predicted molar refractivity (Wildman–Crippen MR) is 82.5 cm³/mol. The van der Waals surface area contributed by atoms with E-state index in [9.17, 15) is 4.79 Å².